The Morgan fingerprint density at radius 3 is 2.47 bits per heavy atom. The number of pyridine rings is 2. The highest BCUT2D eigenvalue weighted by molar-refractivity contribution is 7.80. The van der Waals surface area contributed by atoms with E-state index in [4.69, 9.17) is 22.2 Å². The number of thiocarbonyl (C=S) groups is 1. The number of para-hydroxylation sites is 1. The summed E-state index contributed by atoms with van der Waals surface area (Å²) >= 11 is 5.88. The van der Waals surface area contributed by atoms with E-state index in [-0.39, 0.29) is 12.1 Å². The molecule has 4 heterocycles. The molecule has 0 radical (unpaired) electrons. The van der Waals surface area contributed by atoms with Crippen molar-refractivity contribution in [2.24, 2.45) is 0 Å². The summed E-state index contributed by atoms with van der Waals surface area (Å²) in [5, 5.41) is 7.87. The average molecular weight is 497 g/mol. The van der Waals surface area contributed by atoms with Gasteiger partial charge in [0.15, 0.2) is 5.11 Å². The molecule has 7 heteroatoms. The lowest BCUT2D eigenvalue weighted by Gasteiger charge is -2.28. The second-order valence-electron chi connectivity index (χ2n) is 9.27. The molecule has 184 valence electrons. The van der Waals surface area contributed by atoms with Gasteiger partial charge in [-0.05, 0) is 86.9 Å². The zero-order chi connectivity index (χ0) is 25.1. The van der Waals surface area contributed by atoms with Crippen molar-refractivity contribution in [1.82, 2.24) is 24.8 Å². The molecular weight excluding hydrogens is 464 g/mol. The Morgan fingerprint density at radius 2 is 1.72 bits per heavy atom. The summed E-state index contributed by atoms with van der Waals surface area (Å²) in [7, 11) is 0. The molecule has 4 aromatic rings. The van der Waals surface area contributed by atoms with Crippen LogP contribution >= 0.6 is 12.2 Å². The van der Waals surface area contributed by atoms with Gasteiger partial charge in [-0.15, -0.1) is 0 Å². The Kier molecular flexibility index (Phi) is 7.00. The largest absolute Gasteiger partial charge is 0.385 e. The lowest BCUT2D eigenvalue weighted by molar-refractivity contribution is 0.315. The second-order valence-corrected chi connectivity index (χ2v) is 9.66. The minimum atomic E-state index is -0.0282. The van der Waals surface area contributed by atoms with Gasteiger partial charge < -0.3 is 20.1 Å². The predicted octanol–water partition coefficient (Wildman–Crippen LogP) is 5.67. The van der Waals surface area contributed by atoms with Crippen LogP contribution in [0, 0.1) is 20.8 Å². The number of nitrogens with one attached hydrogen (secondary N) is 2. The standard InChI is InChI=1S/C29H32N6S/c1-20-11-9-16-32-28(20)35-21(2)19-24(22(35)3)27-26(25-14-7-8-15-31-25)33-29(36)34(27)18-10-17-30-23-12-5-4-6-13-23/h4-9,11-16,19,26-27,30H,10,17-18H2,1-3H3,(H,33,36)/t26-,27-/m0/s1. The maximum atomic E-state index is 5.88. The van der Waals surface area contributed by atoms with E-state index in [1.165, 1.54) is 11.3 Å². The van der Waals surface area contributed by atoms with Gasteiger partial charge in [-0.1, -0.05) is 30.3 Å². The van der Waals surface area contributed by atoms with Crippen molar-refractivity contribution in [3.05, 3.63) is 107 Å². The quantitative estimate of drug-likeness (QED) is 0.242. The molecule has 6 nitrogen and oxygen atoms in total. The first kappa shape index (κ1) is 24.0. The van der Waals surface area contributed by atoms with Crippen LogP contribution in [0.25, 0.3) is 5.82 Å². The van der Waals surface area contributed by atoms with Crippen LogP contribution in [-0.4, -0.2) is 37.6 Å². The van der Waals surface area contributed by atoms with Crippen LogP contribution in [0.15, 0.2) is 79.1 Å². The fraction of sp³-hybridized carbons (Fsp3) is 0.276. The Hall–Kier alpha value is -3.71. The number of anilines is 1. The van der Waals surface area contributed by atoms with E-state index in [1.54, 1.807) is 0 Å². The van der Waals surface area contributed by atoms with Gasteiger partial charge >= 0.3 is 0 Å². The number of hydrogen-bond acceptors (Lipinski definition) is 4. The molecule has 1 aliphatic heterocycles. The lowest BCUT2D eigenvalue weighted by Crippen LogP contribution is -2.31. The van der Waals surface area contributed by atoms with E-state index < -0.39 is 0 Å². The third kappa shape index (κ3) is 4.71. The second kappa shape index (κ2) is 10.5. The highest BCUT2D eigenvalue weighted by Crippen LogP contribution is 2.41. The zero-order valence-corrected chi connectivity index (χ0v) is 21.8. The van der Waals surface area contributed by atoms with Crippen LogP contribution in [0.1, 0.15) is 46.7 Å². The summed E-state index contributed by atoms with van der Waals surface area (Å²) in [4.78, 5) is 11.7. The van der Waals surface area contributed by atoms with Crippen LogP contribution in [0.2, 0.25) is 0 Å². The third-order valence-electron chi connectivity index (χ3n) is 6.86. The fourth-order valence-electron chi connectivity index (χ4n) is 5.15. The van der Waals surface area contributed by atoms with Crippen LogP contribution in [0.5, 0.6) is 0 Å². The molecule has 1 fully saturated rings. The maximum Gasteiger partial charge on any atom is 0.170 e. The maximum absolute atomic E-state index is 5.88. The van der Waals surface area contributed by atoms with E-state index >= 15 is 0 Å². The van der Waals surface area contributed by atoms with E-state index in [2.05, 4.69) is 83.3 Å². The lowest BCUT2D eigenvalue weighted by atomic mass is 9.96. The molecule has 1 aromatic carbocycles. The van der Waals surface area contributed by atoms with Crippen molar-refractivity contribution in [1.29, 1.82) is 0 Å². The Balaban J connectivity index is 1.46. The van der Waals surface area contributed by atoms with E-state index in [0.29, 0.717) is 0 Å². The molecule has 0 unspecified atom stereocenters. The van der Waals surface area contributed by atoms with Crippen molar-refractivity contribution in [2.75, 3.05) is 18.4 Å². The molecule has 5 rings (SSSR count). The Bertz CT molecular complexity index is 1330. The topological polar surface area (TPSA) is 58.0 Å². The highest BCUT2D eigenvalue weighted by Gasteiger charge is 2.41. The molecule has 2 atom stereocenters. The summed E-state index contributed by atoms with van der Waals surface area (Å²) in [5.41, 5.74) is 6.87. The van der Waals surface area contributed by atoms with Crippen molar-refractivity contribution in [3.8, 4) is 5.82 Å². The van der Waals surface area contributed by atoms with Crippen molar-refractivity contribution >= 4 is 23.0 Å². The Labute approximate surface area is 218 Å². The first-order chi connectivity index (χ1) is 17.5. The third-order valence-corrected chi connectivity index (χ3v) is 7.21. The molecular formula is C29H32N6S. The zero-order valence-electron chi connectivity index (χ0n) is 21.0. The fourth-order valence-corrected chi connectivity index (χ4v) is 5.48. The minimum absolute atomic E-state index is 0.0282. The molecule has 0 bridgehead atoms. The smallest absolute Gasteiger partial charge is 0.170 e. The summed E-state index contributed by atoms with van der Waals surface area (Å²) in [6.07, 6.45) is 4.67. The van der Waals surface area contributed by atoms with Gasteiger partial charge in [-0.25, -0.2) is 4.98 Å². The van der Waals surface area contributed by atoms with Gasteiger partial charge in [-0.3, -0.25) is 4.98 Å². The summed E-state index contributed by atoms with van der Waals surface area (Å²) < 4.78 is 2.26. The predicted molar refractivity (Wildman–Crippen MR) is 149 cm³/mol. The van der Waals surface area contributed by atoms with Crippen molar-refractivity contribution in [3.63, 3.8) is 0 Å². The monoisotopic (exact) mass is 496 g/mol. The van der Waals surface area contributed by atoms with Gasteiger partial charge in [0.1, 0.15) is 5.82 Å². The normalized spacial score (nSPS) is 17.3. The van der Waals surface area contributed by atoms with Crippen molar-refractivity contribution in [2.45, 2.75) is 39.3 Å². The van der Waals surface area contributed by atoms with E-state index in [1.807, 2.05) is 36.7 Å². The van der Waals surface area contributed by atoms with Gasteiger partial charge in [0.25, 0.3) is 0 Å². The number of aromatic nitrogens is 3. The molecule has 3 aromatic heterocycles. The van der Waals surface area contributed by atoms with Gasteiger partial charge in [0.05, 0.1) is 17.8 Å². The number of benzene rings is 1. The molecule has 36 heavy (non-hydrogen) atoms. The number of nitrogens with zero attached hydrogens (tertiary/aromatic N) is 4. The molecule has 0 aliphatic carbocycles. The number of aryl methyl sites for hydroxylation is 2. The molecule has 1 saturated heterocycles. The summed E-state index contributed by atoms with van der Waals surface area (Å²) in [6.45, 7) is 8.15. The van der Waals surface area contributed by atoms with Gasteiger partial charge in [0.2, 0.25) is 0 Å². The first-order valence-corrected chi connectivity index (χ1v) is 12.8. The summed E-state index contributed by atoms with van der Waals surface area (Å²) in [6, 6.07) is 22.8. The average Bonchev–Trinajstić information content (AvgIpc) is 3.38. The summed E-state index contributed by atoms with van der Waals surface area (Å²) in [5.74, 6) is 0.972. The first-order valence-electron chi connectivity index (χ1n) is 12.4. The van der Waals surface area contributed by atoms with Crippen LogP contribution < -0.4 is 10.6 Å². The molecule has 0 spiro atoms. The number of rotatable bonds is 8. The van der Waals surface area contributed by atoms with Crippen LogP contribution in [0.3, 0.4) is 0 Å². The van der Waals surface area contributed by atoms with Crippen LogP contribution in [-0.2, 0) is 0 Å². The highest BCUT2D eigenvalue weighted by atomic mass is 32.1. The van der Waals surface area contributed by atoms with Gasteiger partial charge in [0, 0.05) is 42.6 Å². The molecule has 1 aliphatic rings. The number of hydrogen-bond donors (Lipinski definition) is 2. The molecule has 0 amide bonds. The van der Waals surface area contributed by atoms with Gasteiger partial charge in [-0.2, -0.15) is 0 Å². The SMILES string of the molecule is Cc1cccnc1-n1c(C)cc([C@H]2[C@H](c3ccccn3)NC(=S)N2CCCNc2ccccc2)c1C. The van der Waals surface area contributed by atoms with E-state index in [0.717, 1.165) is 53.1 Å². The van der Waals surface area contributed by atoms with E-state index in [9.17, 15) is 0 Å². The van der Waals surface area contributed by atoms with Crippen LogP contribution in [0.4, 0.5) is 5.69 Å². The van der Waals surface area contributed by atoms with Crippen molar-refractivity contribution < 1.29 is 0 Å². The minimum Gasteiger partial charge on any atom is -0.385 e. The molecule has 0 saturated carbocycles. The molecule has 2 N–H and O–H groups in total. The Morgan fingerprint density at radius 1 is 0.944 bits per heavy atom.